The molecule has 14 heavy (non-hydrogen) atoms. The van der Waals surface area contributed by atoms with Crippen LogP contribution in [0.1, 0.15) is 0 Å². The average molecular weight is 337 g/mol. The molecule has 0 unspecified atom stereocenters. The minimum absolute atomic E-state index is 0.124. The lowest BCUT2D eigenvalue weighted by Crippen LogP contribution is -2.18. The maximum atomic E-state index is 11.9. The van der Waals surface area contributed by atoms with Crippen LogP contribution >= 0.6 is 34.2 Å². The van der Waals surface area contributed by atoms with Gasteiger partial charge in [0, 0.05) is 5.69 Å². The molecule has 0 aromatic heterocycles. The Labute approximate surface area is 96.3 Å². The topological polar surface area (TPSA) is 35.2 Å². The van der Waals surface area contributed by atoms with Crippen molar-refractivity contribution in [2.45, 2.75) is 6.36 Å². The molecule has 0 aliphatic heterocycles. The van der Waals surface area contributed by atoms with Crippen LogP contribution in [0, 0.1) is 3.57 Å². The van der Waals surface area contributed by atoms with E-state index in [1.165, 1.54) is 12.1 Å². The van der Waals surface area contributed by atoms with Gasteiger partial charge in [-0.25, -0.2) is 0 Å². The number of hydrogen-bond donors (Lipinski definition) is 1. The van der Waals surface area contributed by atoms with Gasteiger partial charge in [0.1, 0.15) is 0 Å². The van der Waals surface area contributed by atoms with Gasteiger partial charge in [0.15, 0.2) is 5.75 Å². The van der Waals surface area contributed by atoms with Gasteiger partial charge in [-0.15, -0.1) is 13.2 Å². The number of ether oxygens (including phenoxy) is 1. The third-order valence-corrected chi connectivity index (χ3v) is 2.71. The van der Waals surface area contributed by atoms with Crippen LogP contribution in [0.25, 0.3) is 0 Å². The van der Waals surface area contributed by atoms with Gasteiger partial charge in [-0.1, -0.05) is 11.6 Å². The van der Waals surface area contributed by atoms with Crippen molar-refractivity contribution in [1.82, 2.24) is 0 Å². The monoisotopic (exact) mass is 337 g/mol. The number of alkyl halides is 3. The Balaban J connectivity index is 3.13. The Bertz CT molecular complexity index is 356. The Hall–Kier alpha value is -0.370. The second kappa shape index (κ2) is 4.01. The highest BCUT2D eigenvalue weighted by molar-refractivity contribution is 14.1. The van der Waals surface area contributed by atoms with E-state index in [1.807, 2.05) is 0 Å². The van der Waals surface area contributed by atoms with Crippen LogP contribution in [0.15, 0.2) is 12.1 Å². The van der Waals surface area contributed by atoms with Crippen LogP contribution < -0.4 is 10.5 Å². The third kappa shape index (κ3) is 2.81. The molecular formula is C7H4ClF3INO. The van der Waals surface area contributed by atoms with Gasteiger partial charge < -0.3 is 10.5 Å². The summed E-state index contributed by atoms with van der Waals surface area (Å²) in [6.07, 6.45) is -4.77. The standard InChI is InChI=1S/C7H4ClF3INO/c8-3-1-2-4(13)5(12)6(3)14-7(9,10)11/h1-2H,13H2. The second-order valence-corrected chi connectivity index (χ2v) is 3.81. The summed E-state index contributed by atoms with van der Waals surface area (Å²) in [5.74, 6) is -0.459. The van der Waals surface area contributed by atoms with Crippen molar-refractivity contribution >= 4 is 39.9 Å². The molecule has 0 aliphatic carbocycles. The third-order valence-electron chi connectivity index (χ3n) is 1.30. The molecule has 2 nitrogen and oxygen atoms in total. The molecule has 78 valence electrons. The van der Waals surface area contributed by atoms with Crippen molar-refractivity contribution in [1.29, 1.82) is 0 Å². The SMILES string of the molecule is Nc1ccc(Cl)c(OC(F)(F)F)c1I. The molecule has 1 rings (SSSR count). The van der Waals surface area contributed by atoms with Gasteiger partial charge in [-0.2, -0.15) is 0 Å². The molecule has 0 atom stereocenters. The van der Waals surface area contributed by atoms with Gasteiger partial charge in [0.2, 0.25) is 0 Å². The van der Waals surface area contributed by atoms with E-state index in [1.54, 1.807) is 22.6 Å². The highest BCUT2D eigenvalue weighted by Gasteiger charge is 2.33. The van der Waals surface area contributed by atoms with Gasteiger partial charge in [-0.3, -0.25) is 0 Å². The van der Waals surface area contributed by atoms with Gasteiger partial charge >= 0.3 is 6.36 Å². The molecule has 2 N–H and O–H groups in total. The Morgan fingerprint density at radius 2 is 1.93 bits per heavy atom. The summed E-state index contributed by atoms with van der Waals surface area (Å²) in [4.78, 5) is 0. The zero-order valence-corrected chi connectivity index (χ0v) is 9.44. The van der Waals surface area contributed by atoms with Gasteiger partial charge in [-0.05, 0) is 34.7 Å². The van der Waals surface area contributed by atoms with E-state index in [9.17, 15) is 13.2 Å². The zero-order chi connectivity index (χ0) is 10.9. The van der Waals surface area contributed by atoms with Crippen molar-refractivity contribution in [3.8, 4) is 5.75 Å². The van der Waals surface area contributed by atoms with Crippen molar-refractivity contribution in [2.24, 2.45) is 0 Å². The quantitative estimate of drug-likeness (QED) is 0.629. The first kappa shape index (κ1) is 11.7. The molecule has 0 aliphatic rings. The van der Waals surface area contributed by atoms with Gasteiger partial charge in [0.25, 0.3) is 0 Å². The fraction of sp³-hybridized carbons (Fsp3) is 0.143. The number of hydrogen-bond acceptors (Lipinski definition) is 2. The van der Waals surface area contributed by atoms with E-state index in [-0.39, 0.29) is 14.3 Å². The number of halogens is 5. The molecule has 0 radical (unpaired) electrons. The molecule has 1 aromatic carbocycles. The summed E-state index contributed by atoms with van der Waals surface area (Å²) < 4.78 is 39.6. The summed E-state index contributed by atoms with van der Waals surface area (Å²) in [6, 6.07) is 2.66. The number of rotatable bonds is 1. The highest BCUT2D eigenvalue weighted by atomic mass is 127. The van der Waals surface area contributed by atoms with E-state index in [0.717, 1.165) is 0 Å². The van der Waals surface area contributed by atoms with Crippen molar-refractivity contribution in [3.05, 3.63) is 20.7 Å². The molecular weight excluding hydrogens is 333 g/mol. The lowest BCUT2D eigenvalue weighted by atomic mass is 10.3. The summed E-state index contributed by atoms with van der Waals surface area (Å²) in [7, 11) is 0. The second-order valence-electron chi connectivity index (χ2n) is 2.33. The molecule has 0 bridgehead atoms. The molecule has 0 amide bonds. The largest absolute Gasteiger partial charge is 0.573 e. The number of benzene rings is 1. The predicted molar refractivity (Wildman–Crippen MR) is 55.3 cm³/mol. The normalized spacial score (nSPS) is 11.5. The molecule has 0 fully saturated rings. The zero-order valence-electron chi connectivity index (χ0n) is 6.53. The number of anilines is 1. The van der Waals surface area contributed by atoms with E-state index in [4.69, 9.17) is 17.3 Å². The molecule has 0 heterocycles. The molecule has 1 aromatic rings. The smallest absolute Gasteiger partial charge is 0.403 e. The Kier molecular flexibility index (Phi) is 3.36. The number of nitrogen functional groups attached to an aromatic ring is 1. The lowest BCUT2D eigenvalue weighted by Gasteiger charge is -2.12. The van der Waals surface area contributed by atoms with Gasteiger partial charge in [0.05, 0.1) is 8.59 Å². The van der Waals surface area contributed by atoms with Crippen LogP contribution in [0.4, 0.5) is 18.9 Å². The fourth-order valence-electron chi connectivity index (χ4n) is 0.757. The Morgan fingerprint density at radius 1 is 1.36 bits per heavy atom. The van der Waals surface area contributed by atoms with Crippen LogP contribution in [-0.4, -0.2) is 6.36 Å². The minimum atomic E-state index is -4.77. The summed E-state index contributed by atoms with van der Waals surface area (Å²) in [6.45, 7) is 0. The first-order valence-electron chi connectivity index (χ1n) is 3.30. The highest BCUT2D eigenvalue weighted by Crippen LogP contribution is 2.37. The van der Waals surface area contributed by atoms with Crippen molar-refractivity contribution in [3.63, 3.8) is 0 Å². The predicted octanol–water partition coefficient (Wildman–Crippen LogP) is 3.43. The average Bonchev–Trinajstić information content (AvgIpc) is 2.04. The van der Waals surface area contributed by atoms with E-state index < -0.39 is 12.1 Å². The molecule has 0 saturated heterocycles. The van der Waals surface area contributed by atoms with Crippen molar-refractivity contribution in [2.75, 3.05) is 5.73 Å². The number of nitrogens with two attached hydrogens (primary N) is 1. The summed E-state index contributed by atoms with van der Waals surface area (Å²) >= 11 is 7.16. The minimum Gasteiger partial charge on any atom is -0.403 e. The maximum Gasteiger partial charge on any atom is 0.573 e. The van der Waals surface area contributed by atoms with Crippen LogP contribution in [0.5, 0.6) is 5.75 Å². The Morgan fingerprint density at radius 3 is 2.43 bits per heavy atom. The van der Waals surface area contributed by atoms with Crippen LogP contribution in [-0.2, 0) is 0 Å². The van der Waals surface area contributed by atoms with Crippen molar-refractivity contribution < 1.29 is 17.9 Å². The fourth-order valence-corrected chi connectivity index (χ4v) is 1.69. The van der Waals surface area contributed by atoms with E-state index in [0.29, 0.717) is 0 Å². The summed E-state index contributed by atoms with van der Waals surface area (Å²) in [5.41, 5.74) is 5.58. The lowest BCUT2D eigenvalue weighted by molar-refractivity contribution is -0.274. The summed E-state index contributed by atoms with van der Waals surface area (Å²) in [5, 5.41) is -0.124. The molecule has 0 spiro atoms. The molecule has 0 saturated carbocycles. The van der Waals surface area contributed by atoms with E-state index in [2.05, 4.69) is 4.74 Å². The first-order valence-corrected chi connectivity index (χ1v) is 4.76. The van der Waals surface area contributed by atoms with Crippen LogP contribution in [0.3, 0.4) is 0 Å². The van der Waals surface area contributed by atoms with Crippen LogP contribution in [0.2, 0.25) is 5.02 Å². The molecule has 7 heteroatoms. The first-order chi connectivity index (χ1) is 6.31. The maximum absolute atomic E-state index is 11.9. The van der Waals surface area contributed by atoms with E-state index >= 15 is 0 Å².